The van der Waals surface area contributed by atoms with Crippen molar-refractivity contribution in [1.29, 1.82) is 0 Å². The Hall–Kier alpha value is -0.320. The van der Waals surface area contributed by atoms with Crippen LogP contribution in [0, 0.1) is 0 Å². The van der Waals surface area contributed by atoms with E-state index in [0.29, 0.717) is 22.6 Å². The van der Waals surface area contributed by atoms with Crippen LogP contribution in [-0.2, 0) is 6.54 Å². The predicted molar refractivity (Wildman–Crippen MR) is 57.1 cm³/mol. The summed E-state index contributed by atoms with van der Waals surface area (Å²) in [6.45, 7) is 1.17. The maximum Gasteiger partial charge on any atom is 0.264 e. The number of hydrogen-bond donors (Lipinski definition) is 1. The van der Waals surface area contributed by atoms with E-state index in [4.69, 9.17) is 17.3 Å². The van der Waals surface area contributed by atoms with Crippen LogP contribution in [0.25, 0.3) is 0 Å². The summed E-state index contributed by atoms with van der Waals surface area (Å²) in [5, 5.41) is 0.545. The fourth-order valence-corrected chi connectivity index (χ4v) is 1.83. The second-order valence-corrected chi connectivity index (χ2v) is 3.94. The average Bonchev–Trinajstić information content (AvgIpc) is 2.09. The first-order valence-corrected chi connectivity index (χ1v) is 5.08. The van der Waals surface area contributed by atoms with E-state index >= 15 is 0 Å². The third kappa shape index (κ3) is 2.83. The average molecular weight is 266 g/mol. The predicted octanol–water partition coefficient (Wildman–Crippen LogP) is 1.61. The summed E-state index contributed by atoms with van der Waals surface area (Å²) in [7, 11) is 0. The summed E-state index contributed by atoms with van der Waals surface area (Å²) in [6.07, 6.45) is 2.39. The molecular weight excluding hydrogens is 255 g/mol. The molecule has 0 amide bonds. The Balaban J connectivity index is 2.99. The molecule has 0 atom stereocenters. The summed E-state index contributed by atoms with van der Waals surface area (Å²) in [5.41, 5.74) is 5.27. The number of rotatable bonds is 3. The van der Waals surface area contributed by atoms with Crippen LogP contribution in [0.5, 0.6) is 0 Å². The number of hydrogen-bond acceptors (Lipinski definition) is 2. The number of nitrogens with zero attached hydrogens (tertiary/aromatic N) is 1. The van der Waals surface area contributed by atoms with Gasteiger partial charge in [-0.1, -0.05) is 11.6 Å². The molecular formula is C8H10BrClN2O. The Bertz CT molecular complexity index is 350. The Morgan fingerprint density at radius 1 is 1.62 bits per heavy atom. The summed E-state index contributed by atoms with van der Waals surface area (Å²) in [6, 6.07) is 1.59. The van der Waals surface area contributed by atoms with Crippen molar-refractivity contribution in [1.82, 2.24) is 4.57 Å². The molecule has 1 heterocycles. The zero-order valence-electron chi connectivity index (χ0n) is 6.96. The van der Waals surface area contributed by atoms with E-state index < -0.39 is 0 Å². The first-order valence-electron chi connectivity index (χ1n) is 3.90. The van der Waals surface area contributed by atoms with Crippen LogP contribution in [0.15, 0.2) is 21.5 Å². The largest absolute Gasteiger partial charge is 0.330 e. The van der Waals surface area contributed by atoms with E-state index in [1.54, 1.807) is 16.8 Å². The van der Waals surface area contributed by atoms with E-state index in [2.05, 4.69) is 15.9 Å². The van der Waals surface area contributed by atoms with Crippen molar-refractivity contribution in [3.8, 4) is 0 Å². The Morgan fingerprint density at radius 3 is 2.92 bits per heavy atom. The first kappa shape index (κ1) is 10.8. The maximum atomic E-state index is 11.4. The number of aromatic nitrogens is 1. The summed E-state index contributed by atoms with van der Waals surface area (Å²) in [5.74, 6) is 0. The molecule has 1 aromatic heterocycles. The van der Waals surface area contributed by atoms with Crippen molar-refractivity contribution in [3.63, 3.8) is 0 Å². The third-order valence-electron chi connectivity index (χ3n) is 1.61. The van der Waals surface area contributed by atoms with Crippen molar-refractivity contribution >= 4 is 27.5 Å². The number of aryl methyl sites for hydroxylation is 1. The van der Waals surface area contributed by atoms with Crippen LogP contribution >= 0.6 is 27.5 Å². The van der Waals surface area contributed by atoms with Crippen molar-refractivity contribution in [3.05, 3.63) is 32.1 Å². The fourth-order valence-electron chi connectivity index (χ4n) is 0.992. The van der Waals surface area contributed by atoms with Gasteiger partial charge in [0, 0.05) is 12.7 Å². The van der Waals surface area contributed by atoms with Gasteiger partial charge in [0.2, 0.25) is 0 Å². The molecule has 5 heteroatoms. The summed E-state index contributed by atoms with van der Waals surface area (Å²) >= 11 is 8.92. The van der Waals surface area contributed by atoms with E-state index in [1.165, 1.54) is 0 Å². The number of pyridine rings is 1. The van der Waals surface area contributed by atoms with E-state index in [1.807, 2.05) is 0 Å². The van der Waals surface area contributed by atoms with Gasteiger partial charge in [0.25, 0.3) is 5.56 Å². The maximum absolute atomic E-state index is 11.4. The van der Waals surface area contributed by atoms with Gasteiger partial charge < -0.3 is 10.3 Å². The van der Waals surface area contributed by atoms with Gasteiger partial charge in [0.15, 0.2) is 0 Å². The standard InChI is InChI=1S/C8H10BrClN2O/c9-7-4-6(10)5-12(8(7)13)3-1-2-11/h4-5H,1-3,11H2. The van der Waals surface area contributed by atoms with Crippen LogP contribution < -0.4 is 11.3 Å². The Kier molecular flexibility index (Phi) is 3.96. The van der Waals surface area contributed by atoms with Crippen LogP contribution in [0.1, 0.15) is 6.42 Å². The summed E-state index contributed by atoms with van der Waals surface area (Å²) < 4.78 is 2.04. The van der Waals surface area contributed by atoms with Gasteiger partial charge in [0.05, 0.1) is 9.50 Å². The topological polar surface area (TPSA) is 48.0 Å². The highest BCUT2D eigenvalue weighted by atomic mass is 79.9. The lowest BCUT2D eigenvalue weighted by molar-refractivity contribution is 0.628. The molecule has 0 fully saturated rings. The van der Waals surface area contributed by atoms with Crippen LogP contribution in [-0.4, -0.2) is 11.1 Å². The minimum atomic E-state index is -0.0714. The lowest BCUT2D eigenvalue weighted by atomic mass is 10.4. The molecule has 1 rings (SSSR count). The zero-order valence-corrected chi connectivity index (χ0v) is 9.31. The monoisotopic (exact) mass is 264 g/mol. The Labute approximate surface area is 89.6 Å². The van der Waals surface area contributed by atoms with Gasteiger partial charge in [-0.15, -0.1) is 0 Å². The fraction of sp³-hybridized carbons (Fsp3) is 0.375. The quantitative estimate of drug-likeness (QED) is 0.903. The molecule has 0 aliphatic rings. The molecule has 0 saturated heterocycles. The highest BCUT2D eigenvalue weighted by molar-refractivity contribution is 9.10. The molecule has 72 valence electrons. The number of halogens is 2. The van der Waals surface area contributed by atoms with E-state index in [9.17, 15) is 4.79 Å². The van der Waals surface area contributed by atoms with Crippen LogP contribution in [0.3, 0.4) is 0 Å². The van der Waals surface area contributed by atoms with Crippen molar-refractivity contribution in [2.45, 2.75) is 13.0 Å². The normalized spacial score (nSPS) is 10.4. The molecule has 0 aromatic carbocycles. The SMILES string of the molecule is NCCCn1cc(Cl)cc(Br)c1=O. The van der Waals surface area contributed by atoms with Crippen molar-refractivity contribution < 1.29 is 0 Å². The molecule has 3 nitrogen and oxygen atoms in total. The third-order valence-corrected chi connectivity index (χ3v) is 2.39. The van der Waals surface area contributed by atoms with Crippen molar-refractivity contribution in [2.75, 3.05) is 6.54 Å². The van der Waals surface area contributed by atoms with Crippen molar-refractivity contribution in [2.24, 2.45) is 5.73 Å². The van der Waals surface area contributed by atoms with Gasteiger partial charge in [-0.2, -0.15) is 0 Å². The molecule has 0 radical (unpaired) electrons. The molecule has 0 unspecified atom stereocenters. The Morgan fingerprint density at radius 2 is 2.31 bits per heavy atom. The first-order chi connectivity index (χ1) is 6.15. The minimum Gasteiger partial charge on any atom is -0.330 e. The van der Waals surface area contributed by atoms with Crippen LogP contribution in [0.2, 0.25) is 5.02 Å². The second-order valence-electron chi connectivity index (χ2n) is 2.65. The van der Waals surface area contributed by atoms with E-state index in [-0.39, 0.29) is 5.56 Å². The van der Waals surface area contributed by atoms with Crippen LogP contribution in [0.4, 0.5) is 0 Å². The minimum absolute atomic E-state index is 0.0714. The molecule has 0 bridgehead atoms. The molecule has 2 N–H and O–H groups in total. The smallest absolute Gasteiger partial charge is 0.264 e. The molecule has 13 heavy (non-hydrogen) atoms. The highest BCUT2D eigenvalue weighted by Gasteiger charge is 2.02. The van der Waals surface area contributed by atoms with E-state index in [0.717, 1.165) is 6.42 Å². The van der Waals surface area contributed by atoms with Gasteiger partial charge in [0.1, 0.15) is 0 Å². The lowest BCUT2D eigenvalue weighted by Crippen LogP contribution is -2.21. The molecule has 0 spiro atoms. The zero-order chi connectivity index (χ0) is 9.84. The molecule has 0 aliphatic heterocycles. The van der Waals surface area contributed by atoms with Gasteiger partial charge >= 0.3 is 0 Å². The molecule has 1 aromatic rings. The second kappa shape index (κ2) is 4.79. The van der Waals surface area contributed by atoms with Gasteiger partial charge in [-0.05, 0) is 35.0 Å². The lowest BCUT2D eigenvalue weighted by Gasteiger charge is -2.05. The molecule has 0 saturated carbocycles. The number of nitrogens with two attached hydrogens (primary N) is 1. The highest BCUT2D eigenvalue weighted by Crippen LogP contribution is 2.11. The summed E-state index contributed by atoms with van der Waals surface area (Å²) in [4.78, 5) is 11.4. The van der Waals surface area contributed by atoms with Gasteiger partial charge in [-0.25, -0.2) is 0 Å². The molecule has 0 aliphatic carbocycles. The van der Waals surface area contributed by atoms with Gasteiger partial charge in [-0.3, -0.25) is 4.79 Å².